The van der Waals surface area contributed by atoms with Crippen molar-refractivity contribution in [2.24, 2.45) is 5.92 Å². The van der Waals surface area contributed by atoms with Crippen LogP contribution in [0, 0.1) is 11.7 Å². The van der Waals surface area contributed by atoms with Crippen molar-refractivity contribution in [1.29, 1.82) is 0 Å². The Morgan fingerprint density at radius 2 is 1.76 bits per heavy atom. The molecule has 5 amide bonds. The van der Waals surface area contributed by atoms with Gasteiger partial charge in [0.15, 0.2) is 0 Å². The second-order valence-electron chi connectivity index (χ2n) is 13.2. The lowest BCUT2D eigenvalue weighted by molar-refractivity contribution is -0.136. The fourth-order valence-corrected chi connectivity index (χ4v) is 7.97. The summed E-state index contributed by atoms with van der Waals surface area (Å²) in [5, 5.41) is 5.29. The highest BCUT2D eigenvalue weighted by Crippen LogP contribution is 2.30. The number of carbonyl (C=O) groups is 5. The van der Waals surface area contributed by atoms with Crippen molar-refractivity contribution in [3.8, 4) is 5.75 Å². The van der Waals surface area contributed by atoms with E-state index in [4.69, 9.17) is 9.47 Å². The third kappa shape index (κ3) is 7.67. The van der Waals surface area contributed by atoms with Crippen LogP contribution in [0.2, 0.25) is 0 Å². The van der Waals surface area contributed by atoms with Crippen LogP contribution < -0.4 is 20.9 Å². The molecule has 7 rings (SSSR count). The monoisotopic (exact) mass is 720 g/mol. The first kappa shape index (κ1) is 34.8. The number of carbonyl (C=O) groups excluding carboxylic acids is 5. The molecule has 3 aromatic rings. The van der Waals surface area contributed by atoms with E-state index in [0.29, 0.717) is 48.0 Å². The van der Waals surface area contributed by atoms with Crippen molar-refractivity contribution in [2.45, 2.75) is 55.6 Å². The molecule has 1 unspecified atom stereocenters. The molecule has 3 fully saturated rings. The average Bonchev–Trinajstić information content (AvgIpc) is 3.35. The van der Waals surface area contributed by atoms with Crippen molar-refractivity contribution in [1.82, 2.24) is 25.1 Å². The molecule has 268 valence electrons. The Hall–Kier alpha value is -4.67. The number of rotatable bonds is 10. The van der Waals surface area contributed by atoms with E-state index in [2.05, 4.69) is 20.6 Å². The number of amides is 5. The van der Waals surface area contributed by atoms with Gasteiger partial charge in [-0.25, -0.2) is 9.37 Å². The van der Waals surface area contributed by atoms with Crippen molar-refractivity contribution in [3.05, 3.63) is 63.5 Å². The molecule has 1 aromatic heterocycles. The molecule has 2 aromatic carbocycles. The molecule has 3 N–H and O–H groups in total. The van der Waals surface area contributed by atoms with Gasteiger partial charge in [-0.05, 0) is 69.3 Å². The topological polar surface area (TPSA) is 180 Å². The molecule has 1 atom stereocenters. The van der Waals surface area contributed by atoms with E-state index in [0.717, 1.165) is 43.8 Å². The third-order valence-corrected chi connectivity index (χ3v) is 11.1. The van der Waals surface area contributed by atoms with Gasteiger partial charge in [0.25, 0.3) is 17.4 Å². The number of fused-ring (bicyclic) bond motifs is 2. The van der Waals surface area contributed by atoms with Gasteiger partial charge in [-0.1, -0.05) is 0 Å². The lowest BCUT2D eigenvalue weighted by atomic mass is 9.98. The maximum Gasteiger partial charge on any atom is 0.262 e. The summed E-state index contributed by atoms with van der Waals surface area (Å²) in [4.78, 5) is 85.6. The van der Waals surface area contributed by atoms with Crippen molar-refractivity contribution >= 4 is 57.9 Å². The molecule has 0 radical (unpaired) electrons. The second kappa shape index (κ2) is 14.9. The summed E-state index contributed by atoms with van der Waals surface area (Å²) in [6.07, 6.45) is 3.47. The summed E-state index contributed by atoms with van der Waals surface area (Å²) in [6.45, 7) is 3.18. The van der Waals surface area contributed by atoms with Crippen LogP contribution in [-0.4, -0.2) is 100 Å². The first-order chi connectivity index (χ1) is 24.6. The molecule has 0 spiro atoms. The number of likely N-dealkylation sites (tertiary alicyclic amines) is 1. The number of halogens is 1. The largest absolute Gasteiger partial charge is 0.493 e. The number of piperidine rings is 2. The highest BCUT2D eigenvalue weighted by Gasteiger charge is 2.44. The van der Waals surface area contributed by atoms with Gasteiger partial charge < -0.3 is 19.8 Å². The van der Waals surface area contributed by atoms with Gasteiger partial charge in [0, 0.05) is 42.7 Å². The van der Waals surface area contributed by atoms with E-state index >= 15 is 0 Å². The van der Waals surface area contributed by atoms with E-state index < -0.39 is 41.0 Å². The molecule has 16 heteroatoms. The minimum absolute atomic E-state index is 0.0264. The van der Waals surface area contributed by atoms with E-state index in [1.165, 1.54) is 24.3 Å². The fourth-order valence-electron chi connectivity index (χ4n) is 6.92. The van der Waals surface area contributed by atoms with Crippen LogP contribution in [0.25, 0.3) is 10.9 Å². The smallest absolute Gasteiger partial charge is 0.262 e. The van der Waals surface area contributed by atoms with E-state index in [-0.39, 0.29) is 53.2 Å². The van der Waals surface area contributed by atoms with Gasteiger partial charge in [-0.3, -0.25) is 43.9 Å². The summed E-state index contributed by atoms with van der Waals surface area (Å²) in [6, 6.07) is 6.16. The molecule has 5 heterocycles. The van der Waals surface area contributed by atoms with Gasteiger partial charge in [0.2, 0.25) is 17.7 Å². The van der Waals surface area contributed by atoms with Gasteiger partial charge in [0.1, 0.15) is 28.8 Å². The normalized spacial score (nSPS) is 20.5. The number of hydrogen-bond donors (Lipinski definition) is 3. The number of nitrogens with one attached hydrogen (secondary N) is 3. The first-order valence-corrected chi connectivity index (χ1v) is 18.1. The molecule has 3 saturated heterocycles. The predicted octanol–water partition coefficient (Wildman–Crippen LogP) is 2.61. The zero-order chi connectivity index (χ0) is 35.6. The average molecular weight is 721 g/mol. The van der Waals surface area contributed by atoms with E-state index in [1.807, 2.05) is 4.90 Å². The zero-order valence-electron chi connectivity index (χ0n) is 27.7. The van der Waals surface area contributed by atoms with Crippen molar-refractivity contribution in [2.75, 3.05) is 44.8 Å². The Balaban J connectivity index is 0.890. The molecular formula is C35H37FN6O8S. The standard InChI is InChI=1S/C35H37FN6O8S/c36-25-14-21(15-26-31(25)33(46)39-28(38-26)18-51-22-7-11-49-12-8-22)50-17-19-5-9-41(10-6-19)16-30(44)37-20-1-2-23-24(13-20)35(48)42(34(23)47)27-3-4-29(43)40-32(27)45/h1-2,13-15,19,22,27H,3-12,16-18H2,(H,37,44)(H,38,39,46)(H,40,43,45). The molecule has 0 bridgehead atoms. The van der Waals surface area contributed by atoms with E-state index in [9.17, 15) is 33.2 Å². The number of hydrogen-bond acceptors (Lipinski definition) is 11. The van der Waals surface area contributed by atoms with Crippen LogP contribution in [0.15, 0.2) is 35.1 Å². The summed E-state index contributed by atoms with van der Waals surface area (Å²) in [5.41, 5.74) is 0.301. The second-order valence-corrected chi connectivity index (χ2v) is 14.5. The van der Waals surface area contributed by atoms with Crippen LogP contribution in [0.3, 0.4) is 0 Å². The third-order valence-electron chi connectivity index (χ3n) is 9.69. The van der Waals surface area contributed by atoms with Crippen LogP contribution in [0.1, 0.15) is 65.1 Å². The Bertz CT molecular complexity index is 1960. The zero-order valence-corrected chi connectivity index (χ0v) is 28.5. The lowest BCUT2D eigenvalue weighted by Crippen LogP contribution is -2.54. The number of ether oxygens (including phenoxy) is 2. The quantitative estimate of drug-likeness (QED) is 0.262. The molecule has 4 aliphatic heterocycles. The summed E-state index contributed by atoms with van der Waals surface area (Å²) >= 11 is 1.71. The Morgan fingerprint density at radius 3 is 2.53 bits per heavy atom. The Morgan fingerprint density at radius 1 is 1.00 bits per heavy atom. The fraction of sp³-hybridized carbons (Fsp3) is 0.457. The molecule has 0 saturated carbocycles. The molecule has 51 heavy (non-hydrogen) atoms. The van der Waals surface area contributed by atoms with Gasteiger partial charge in [-0.2, -0.15) is 11.8 Å². The minimum atomic E-state index is -1.07. The number of H-pyrrole nitrogens is 1. The highest BCUT2D eigenvalue weighted by molar-refractivity contribution is 7.99. The van der Waals surface area contributed by atoms with Crippen molar-refractivity contribution < 1.29 is 37.8 Å². The van der Waals surface area contributed by atoms with Gasteiger partial charge in [0.05, 0.1) is 35.5 Å². The number of aromatic nitrogens is 2. The van der Waals surface area contributed by atoms with Crippen LogP contribution in [0.4, 0.5) is 10.1 Å². The van der Waals surface area contributed by atoms with Gasteiger partial charge >= 0.3 is 0 Å². The number of anilines is 1. The van der Waals surface area contributed by atoms with Crippen LogP contribution in [0.5, 0.6) is 5.75 Å². The molecular weight excluding hydrogens is 683 g/mol. The summed E-state index contributed by atoms with van der Waals surface area (Å²) in [7, 11) is 0. The lowest BCUT2D eigenvalue weighted by Gasteiger charge is -2.31. The van der Waals surface area contributed by atoms with E-state index in [1.54, 1.807) is 17.8 Å². The summed E-state index contributed by atoms with van der Waals surface area (Å²) < 4.78 is 26.3. The highest BCUT2D eigenvalue weighted by atomic mass is 32.2. The van der Waals surface area contributed by atoms with Crippen molar-refractivity contribution in [3.63, 3.8) is 0 Å². The molecule has 0 aliphatic carbocycles. The van der Waals surface area contributed by atoms with Crippen LogP contribution >= 0.6 is 11.8 Å². The summed E-state index contributed by atoms with van der Waals surface area (Å²) in [5.74, 6) is -1.89. The number of thioether (sulfide) groups is 1. The van der Waals surface area contributed by atoms with Gasteiger partial charge in [-0.15, -0.1) is 0 Å². The number of nitrogens with zero attached hydrogens (tertiary/aromatic N) is 3. The number of aromatic amines is 1. The maximum atomic E-state index is 15.0. The minimum Gasteiger partial charge on any atom is -0.493 e. The predicted molar refractivity (Wildman–Crippen MR) is 184 cm³/mol. The van der Waals surface area contributed by atoms with Crippen LogP contribution in [-0.2, 0) is 24.9 Å². The Kier molecular flexibility index (Phi) is 10.2. The SMILES string of the molecule is O=C1CCC(N2C(=O)c3ccc(NC(=O)CN4CCC(COc5cc(F)c6c(=O)[nH]c(CSC7CCOCC7)nc6c5)CC4)cc3C2=O)C(=O)N1. The number of imide groups is 2. The number of benzene rings is 2. The molecule has 14 nitrogen and oxygen atoms in total. The first-order valence-electron chi connectivity index (χ1n) is 17.1. The maximum absolute atomic E-state index is 15.0. The molecule has 4 aliphatic rings. The Labute approximate surface area is 295 Å².